The third-order valence-corrected chi connectivity index (χ3v) is 4.77. The molecule has 2 aromatic carbocycles. The summed E-state index contributed by atoms with van der Waals surface area (Å²) in [5, 5.41) is 7.95. The zero-order valence-electron chi connectivity index (χ0n) is 13.6. The van der Waals surface area contributed by atoms with Gasteiger partial charge >= 0.3 is 0 Å². The van der Waals surface area contributed by atoms with Gasteiger partial charge in [-0.15, -0.1) is 0 Å². The zero-order chi connectivity index (χ0) is 17.8. The molecule has 1 aromatic heterocycles. The number of rotatable bonds is 5. The van der Waals surface area contributed by atoms with E-state index < -0.39 is 6.04 Å². The van der Waals surface area contributed by atoms with Crippen molar-refractivity contribution >= 4 is 33.4 Å². The van der Waals surface area contributed by atoms with Crippen LogP contribution >= 0.6 is 27.5 Å². The number of carbonyl (C=O) groups is 1. The van der Waals surface area contributed by atoms with Crippen LogP contribution < -0.4 is 5.32 Å². The molecule has 1 atom stereocenters. The van der Waals surface area contributed by atoms with Crippen molar-refractivity contribution in [2.75, 3.05) is 7.05 Å². The number of halogens is 2. The molecule has 6 heteroatoms. The van der Waals surface area contributed by atoms with Crippen LogP contribution in [0.5, 0.6) is 0 Å². The summed E-state index contributed by atoms with van der Waals surface area (Å²) < 4.78 is 2.68. The Morgan fingerprint density at radius 2 is 2.04 bits per heavy atom. The maximum atomic E-state index is 12.4. The number of hydrogen-bond donors (Lipinski definition) is 1. The van der Waals surface area contributed by atoms with Gasteiger partial charge in [0.2, 0.25) is 5.91 Å². The van der Waals surface area contributed by atoms with Crippen LogP contribution in [0, 0.1) is 0 Å². The van der Waals surface area contributed by atoms with E-state index in [1.165, 1.54) is 0 Å². The van der Waals surface area contributed by atoms with Crippen molar-refractivity contribution < 1.29 is 4.79 Å². The molecule has 0 spiro atoms. The summed E-state index contributed by atoms with van der Waals surface area (Å²) in [5.74, 6) is -0.0891. The molecule has 1 heterocycles. The number of benzene rings is 2. The average molecular weight is 419 g/mol. The first-order valence-electron chi connectivity index (χ1n) is 7.84. The molecule has 4 nitrogen and oxygen atoms in total. The Bertz CT molecular complexity index is 894. The highest BCUT2D eigenvalue weighted by molar-refractivity contribution is 9.10. The van der Waals surface area contributed by atoms with Crippen LogP contribution in [0.25, 0.3) is 11.3 Å². The van der Waals surface area contributed by atoms with Crippen LogP contribution in [0.15, 0.2) is 65.3 Å². The minimum atomic E-state index is -0.435. The quantitative estimate of drug-likeness (QED) is 0.663. The van der Waals surface area contributed by atoms with Crippen LogP contribution in [0.3, 0.4) is 0 Å². The molecule has 0 bridgehead atoms. The standard InChI is InChI=1S/C19H17BrClN3O/c1-22-19(25)18(12-13-5-4-6-14(20)11-13)24-10-9-17(23-24)15-7-2-3-8-16(15)21/h2-11,18H,12H2,1H3,(H,22,25). The molecule has 3 aromatic rings. The minimum absolute atomic E-state index is 0.0891. The van der Waals surface area contributed by atoms with E-state index in [1.54, 1.807) is 11.7 Å². The number of aromatic nitrogens is 2. The molecule has 1 N–H and O–H groups in total. The summed E-state index contributed by atoms with van der Waals surface area (Å²) in [6, 6.07) is 16.9. The lowest BCUT2D eigenvalue weighted by atomic mass is 10.1. The van der Waals surface area contributed by atoms with E-state index in [0.29, 0.717) is 11.4 Å². The van der Waals surface area contributed by atoms with Gasteiger partial charge in [-0.3, -0.25) is 9.48 Å². The molecular formula is C19H17BrClN3O. The van der Waals surface area contributed by atoms with Crippen molar-refractivity contribution in [3.05, 3.63) is 75.9 Å². The van der Waals surface area contributed by atoms with Gasteiger partial charge in [0.25, 0.3) is 0 Å². The normalized spacial score (nSPS) is 12.0. The van der Waals surface area contributed by atoms with Gasteiger partial charge in [0.1, 0.15) is 6.04 Å². The van der Waals surface area contributed by atoms with E-state index in [1.807, 2.05) is 60.8 Å². The Kier molecular flexibility index (Phi) is 5.56. The largest absolute Gasteiger partial charge is 0.357 e. The highest BCUT2D eigenvalue weighted by Crippen LogP contribution is 2.27. The third kappa shape index (κ3) is 4.11. The monoisotopic (exact) mass is 417 g/mol. The maximum absolute atomic E-state index is 12.4. The lowest BCUT2D eigenvalue weighted by Crippen LogP contribution is -2.31. The predicted octanol–water partition coefficient (Wildman–Crippen LogP) is 4.50. The molecule has 1 unspecified atom stereocenters. The summed E-state index contributed by atoms with van der Waals surface area (Å²) in [6.45, 7) is 0. The minimum Gasteiger partial charge on any atom is -0.357 e. The Morgan fingerprint density at radius 3 is 2.76 bits per heavy atom. The van der Waals surface area contributed by atoms with Crippen molar-refractivity contribution in [3.8, 4) is 11.3 Å². The maximum Gasteiger partial charge on any atom is 0.244 e. The molecule has 0 saturated carbocycles. The summed E-state index contributed by atoms with van der Waals surface area (Å²) >= 11 is 9.72. The molecule has 0 aliphatic carbocycles. The lowest BCUT2D eigenvalue weighted by molar-refractivity contribution is -0.124. The van der Waals surface area contributed by atoms with Gasteiger partial charge in [-0.1, -0.05) is 57.9 Å². The average Bonchev–Trinajstić information content (AvgIpc) is 3.09. The fourth-order valence-corrected chi connectivity index (χ4v) is 3.36. The summed E-state index contributed by atoms with van der Waals surface area (Å²) in [4.78, 5) is 12.4. The fraction of sp³-hybridized carbons (Fsp3) is 0.158. The SMILES string of the molecule is CNC(=O)C(Cc1cccc(Br)c1)n1ccc(-c2ccccc2Cl)n1. The first-order chi connectivity index (χ1) is 12.1. The van der Waals surface area contributed by atoms with Crippen LogP contribution in [0.2, 0.25) is 5.02 Å². The van der Waals surface area contributed by atoms with Crippen LogP contribution in [-0.4, -0.2) is 22.7 Å². The summed E-state index contributed by atoms with van der Waals surface area (Å²) in [6.07, 6.45) is 2.36. The van der Waals surface area contributed by atoms with Crippen molar-refractivity contribution in [2.45, 2.75) is 12.5 Å². The van der Waals surface area contributed by atoms with E-state index in [-0.39, 0.29) is 5.91 Å². The van der Waals surface area contributed by atoms with E-state index in [4.69, 9.17) is 11.6 Å². The van der Waals surface area contributed by atoms with Gasteiger partial charge in [0.05, 0.1) is 10.7 Å². The van der Waals surface area contributed by atoms with E-state index in [9.17, 15) is 4.79 Å². The van der Waals surface area contributed by atoms with E-state index in [0.717, 1.165) is 21.3 Å². The van der Waals surface area contributed by atoms with Crippen LogP contribution in [0.1, 0.15) is 11.6 Å². The van der Waals surface area contributed by atoms with Gasteiger partial charge in [-0.05, 0) is 29.8 Å². The highest BCUT2D eigenvalue weighted by atomic mass is 79.9. The molecule has 0 saturated heterocycles. The van der Waals surface area contributed by atoms with Gasteiger partial charge in [0, 0.05) is 29.7 Å². The summed E-state index contributed by atoms with van der Waals surface area (Å²) in [7, 11) is 1.63. The van der Waals surface area contributed by atoms with Crippen LogP contribution in [-0.2, 0) is 11.2 Å². The van der Waals surface area contributed by atoms with Gasteiger partial charge in [0.15, 0.2) is 0 Å². The lowest BCUT2D eigenvalue weighted by Gasteiger charge is -2.16. The summed E-state index contributed by atoms with van der Waals surface area (Å²) in [5.41, 5.74) is 2.65. The highest BCUT2D eigenvalue weighted by Gasteiger charge is 2.21. The smallest absolute Gasteiger partial charge is 0.244 e. The second kappa shape index (κ2) is 7.85. The van der Waals surface area contributed by atoms with Crippen LogP contribution in [0.4, 0.5) is 0 Å². The molecular weight excluding hydrogens is 402 g/mol. The molecule has 0 radical (unpaired) electrons. The topological polar surface area (TPSA) is 46.9 Å². The molecule has 3 rings (SSSR count). The Hall–Kier alpha value is -2.11. The Balaban J connectivity index is 1.92. The zero-order valence-corrected chi connectivity index (χ0v) is 16.0. The second-order valence-corrected chi connectivity index (χ2v) is 6.95. The van der Waals surface area contributed by atoms with Gasteiger partial charge in [-0.2, -0.15) is 5.10 Å². The number of hydrogen-bond acceptors (Lipinski definition) is 2. The van der Waals surface area contributed by atoms with Crippen molar-refractivity contribution in [2.24, 2.45) is 0 Å². The Labute approximate surface area is 159 Å². The van der Waals surface area contributed by atoms with Crippen molar-refractivity contribution in [1.82, 2.24) is 15.1 Å². The van der Waals surface area contributed by atoms with E-state index >= 15 is 0 Å². The second-order valence-electron chi connectivity index (χ2n) is 5.62. The van der Waals surface area contributed by atoms with Crippen molar-refractivity contribution in [3.63, 3.8) is 0 Å². The van der Waals surface area contributed by atoms with Gasteiger partial charge in [-0.25, -0.2) is 0 Å². The Morgan fingerprint density at radius 1 is 1.24 bits per heavy atom. The number of nitrogens with one attached hydrogen (secondary N) is 1. The molecule has 128 valence electrons. The number of nitrogens with zero attached hydrogens (tertiary/aromatic N) is 2. The first kappa shape index (κ1) is 17.7. The molecule has 0 aliphatic rings. The third-order valence-electron chi connectivity index (χ3n) is 3.94. The molecule has 25 heavy (non-hydrogen) atoms. The van der Waals surface area contributed by atoms with E-state index in [2.05, 4.69) is 26.3 Å². The number of carbonyl (C=O) groups excluding carboxylic acids is 1. The number of amides is 1. The molecule has 0 aliphatic heterocycles. The first-order valence-corrected chi connectivity index (χ1v) is 9.01. The predicted molar refractivity (Wildman–Crippen MR) is 104 cm³/mol. The number of likely N-dealkylation sites (N-methyl/N-ethyl adjacent to an activating group) is 1. The fourth-order valence-electron chi connectivity index (χ4n) is 2.68. The van der Waals surface area contributed by atoms with Gasteiger partial charge < -0.3 is 5.32 Å². The van der Waals surface area contributed by atoms with Crippen molar-refractivity contribution in [1.29, 1.82) is 0 Å². The molecule has 0 fully saturated rings. The molecule has 1 amide bonds.